The fourth-order valence-electron chi connectivity index (χ4n) is 3.93. The highest BCUT2D eigenvalue weighted by Gasteiger charge is 2.20. The number of fused-ring (bicyclic) bond motifs is 2. The van der Waals surface area contributed by atoms with Gasteiger partial charge in [-0.25, -0.2) is 0 Å². The first-order valence-corrected chi connectivity index (χ1v) is 9.18. The summed E-state index contributed by atoms with van der Waals surface area (Å²) < 4.78 is 1.94. The number of aromatic nitrogens is 1. The van der Waals surface area contributed by atoms with Gasteiger partial charge >= 0.3 is 0 Å². The van der Waals surface area contributed by atoms with Crippen molar-refractivity contribution in [2.75, 3.05) is 0 Å². The Morgan fingerprint density at radius 2 is 1.50 bits per heavy atom. The molecule has 2 aromatic carbocycles. The molecule has 3 N–H and O–H groups in total. The number of carbonyl (C=O) groups is 1. The zero-order valence-electron chi connectivity index (χ0n) is 14.7. The summed E-state index contributed by atoms with van der Waals surface area (Å²) in [5.74, 6) is -0.0237. The van der Waals surface area contributed by atoms with Crippen LogP contribution in [-0.2, 0) is 11.3 Å². The molecule has 5 nitrogen and oxygen atoms in total. The van der Waals surface area contributed by atoms with Crippen LogP contribution in [0.15, 0.2) is 53.3 Å². The van der Waals surface area contributed by atoms with Gasteiger partial charge in [-0.2, -0.15) is 0 Å². The fourth-order valence-corrected chi connectivity index (χ4v) is 3.93. The lowest BCUT2D eigenvalue weighted by Gasteiger charge is -2.27. The smallest absolute Gasteiger partial charge is 0.240 e. The highest BCUT2D eigenvalue weighted by atomic mass is 16.2. The maximum Gasteiger partial charge on any atom is 0.240 e. The molecule has 1 heterocycles. The Morgan fingerprint density at radius 3 is 2.08 bits per heavy atom. The van der Waals surface area contributed by atoms with Crippen LogP contribution in [0.5, 0.6) is 0 Å². The third kappa shape index (κ3) is 3.10. The molecule has 1 aliphatic carbocycles. The number of para-hydroxylation sites is 2. The van der Waals surface area contributed by atoms with Crippen molar-refractivity contribution >= 4 is 27.7 Å². The van der Waals surface area contributed by atoms with Crippen LogP contribution in [0.2, 0.25) is 0 Å². The third-order valence-electron chi connectivity index (χ3n) is 5.32. The molecule has 0 aliphatic heterocycles. The first kappa shape index (κ1) is 16.8. The van der Waals surface area contributed by atoms with Crippen molar-refractivity contribution in [1.29, 1.82) is 0 Å². The second-order valence-electron chi connectivity index (χ2n) is 7.13. The number of nitrogens with zero attached hydrogens (tertiary/aromatic N) is 1. The molecule has 0 saturated heterocycles. The van der Waals surface area contributed by atoms with Gasteiger partial charge in [0.05, 0.1) is 11.0 Å². The Kier molecular flexibility index (Phi) is 4.47. The molecule has 0 radical (unpaired) electrons. The van der Waals surface area contributed by atoms with Crippen molar-refractivity contribution in [2.45, 2.75) is 44.3 Å². The molecule has 0 atom stereocenters. The Labute approximate surface area is 151 Å². The highest BCUT2D eigenvalue weighted by molar-refractivity contribution is 5.94. The predicted octanol–water partition coefficient (Wildman–Crippen LogP) is 2.54. The van der Waals surface area contributed by atoms with Gasteiger partial charge < -0.3 is 15.6 Å². The maximum atomic E-state index is 12.7. The molecule has 1 saturated carbocycles. The summed E-state index contributed by atoms with van der Waals surface area (Å²) in [5, 5.41) is 4.42. The largest absolute Gasteiger partial charge is 0.352 e. The van der Waals surface area contributed by atoms with Crippen LogP contribution >= 0.6 is 0 Å². The number of hydrogen-bond donors (Lipinski definition) is 2. The van der Waals surface area contributed by atoms with Gasteiger partial charge in [-0.05, 0) is 49.9 Å². The van der Waals surface area contributed by atoms with Gasteiger partial charge in [-0.15, -0.1) is 0 Å². The van der Waals surface area contributed by atoms with Gasteiger partial charge in [0.15, 0.2) is 5.43 Å². The molecular weight excluding hydrogens is 326 g/mol. The van der Waals surface area contributed by atoms with Crippen molar-refractivity contribution in [3.8, 4) is 0 Å². The minimum atomic E-state index is -0.0237. The van der Waals surface area contributed by atoms with E-state index < -0.39 is 0 Å². The molecule has 1 aliphatic rings. The number of pyridine rings is 1. The van der Waals surface area contributed by atoms with Crippen LogP contribution in [0.1, 0.15) is 25.7 Å². The Morgan fingerprint density at radius 1 is 0.962 bits per heavy atom. The topological polar surface area (TPSA) is 77.1 Å². The molecule has 134 valence electrons. The number of benzene rings is 2. The molecule has 1 aromatic heterocycles. The van der Waals surface area contributed by atoms with E-state index in [1.165, 1.54) is 0 Å². The number of carbonyl (C=O) groups excluding carboxylic acids is 1. The number of nitrogens with one attached hydrogen (secondary N) is 1. The molecule has 0 bridgehead atoms. The van der Waals surface area contributed by atoms with Crippen LogP contribution < -0.4 is 16.5 Å². The summed E-state index contributed by atoms with van der Waals surface area (Å²) in [4.78, 5) is 25.4. The van der Waals surface area contributed by atoms with E-state index in [9.17, 15) is 9.59 Å². The van der Waals surface area contributed by atoms with Crippen LogP contribution in [0.3, 0.4) is 0 Å². The van der Waals surface area contributed by atoms with E-state index in [0.717, 1.165) is 36.7 Å². The zero-order valence-corrected chi connectivity index (χ0v) is 14.7. The molecule has 0 unspecified atom stereocenters. The molecule has 4 rings (SSSR count). The maximum absolute atomic E-state index is 12.7. The van der Waals surface area contributed by atoms with Crippen LogP contribution in [0, 0.1) is 0 Å². The Hall–Kier alpha value is -2.66. The van der Waals surface area contributed by atoms with E-state index in [0.29, 0.717) is 10.8 Å². The molecule has 26 heavy (non-hydrogen) atoms. The summed E-state index contributed by atoms with van der Waals surface area (Å²) in [7, 11) is 0. The Bertz CT molecular complexity index is 957. The molecular formula is C21H23N3O2. The predicted molar refractivity (Wildman–Crippen MR) is 104 cm³/mol. The molecule has 1 fully saturated rings. The first-order valence-electron chi connectivity index (χ1n) is 9.18. The van der Waals surface area contributed by atoms with E-state index in [4.69, 9.17) is 5.73 Å². The second-order valence-corrected chi connectivity index (χ2v) is 7.13. The standard InChI is InChI=1S/C21H23N3O2/c22-14-9-11-15(12-10-14)23-20(25)13-24-18-7-3-1-5-16(18)21(26)17-6-2-4-8-19(17)24/h1-8,14-15H,9-13,22H2,(H,23,25). The number of amides is 1. The quantitative estimate of drug-likeness (QED) is 0.714. The van der Waals surface area contributed by atoms with E-state index in [2.05, 4.69) is 5.32 Å². The zero-order chi connectivity index (χ0) is 18.1. The molecule has 3 aromatic rings. The van der Waals surface area contributed by atoms with Crippen molar-refractivity contribution in [3.05, 3.63) is 58.8 Å². The summed E-state index contributed by atoms with van der Waals surface area (Å²) >= 11 is 0. The lowest BCUT2D eigenvalue weighted by Crippen LogP contribution is -2.41. The van der Waals surface area contributed by atoms with Crippen LogP contribution in [0.25, 0.3) is 21.8 Å². The summed E-state index contributed by atoms with van der Waals surface area (Å²) in [6, 6.07) is 15.4. The normalized spacial score (nSPS) is 20.3. The summed E-state index contributed by atoms with van der Waals surface area (Å²) in [6.45, 7) is 0.198. The monoisotopic (exact) mass is 349 g/mol. The van der Waals surface area contributed by atoms with E-state index in [-0.39, 0.29) is 30.0 Å². The molecule has 1 amide bonds. The van der Waals surface area contributed by atoms with Gasteiger partial charge in [-0.3, -0.25) is 9.59 Å². The Balaban J connectivity index is 1.70. The van der Waals surface area contributed by atoms with Gasteiger partial charge in [-0.1, -0.05) is 24.3 Å². The van der Waals surface area contributed by atoms with Crippen LogP contribution in [0.4, 0.5) is 0 Å². The minimum Gasteiger partial charge on any atom is -0.352 e. The van der Waals surface area contributed by atoms with Gasteiger partial charge in [0, 0.05) is 22.9 Å². The average molecular weight is 349 g/mol. The lowest BCUT2D eigenvalue weighted by atomic mass is 9.92. The summed E-state index contributed by atoms with van der Waals surface area (Å²) in [5.41, 5.74) is 7.53. The number of nitrogens with two attached hydrogens (primary N) is 1. The second kappa shape index (κ2) is 6.92. The van der Waals surface area contributed by atoms with Crippen LogP contribution in [-0.4, -0.2) is 22.6 Å². The van der Waals surface area contributed by atoms with E-state index in [1.54, 1.807) is 0 Å². The summed E-state index contributed by atoms with van der Waals surface area (Å²) in [6.07, 6.45) is 3.76. The fraction of sp³-hybridized carbons (Fsp3) is 0.333. The SMILES string of the molecule is NC1CCC(NC(=O)Cn2c3ccccc3c(=O)c3ccccc32)CC1. The average Bonchev–Trinajstić information content (AvgIpc) is 2.67. The van der Waals surface area contributed by atoms with Gasteiger partial charge in [0.1, 0.15) is 6.54 Å². The molecule has 0 spiro atoms. The highest BCUT2D eigenvalue weighted by Crippen LogP contribution is 2.20. The van der Waals surface area contributed by atoms with Crippen molar-refractivity contribution < 1.29 is 4.79 Å². The van der Waals surface area contributed by atoms with E-state index >= 15 is 0 Å². The first-order chi connectivity index (χ1) is 12.6. The number of hydrogen-bond acceptors (Lipinski definition) is 3. The van der Waals surface area contributed by atoms with Gasteiger partial charge in [0.2, 0.25) is 5.91 Å². The van der Waals surface area contributed by atoms with Crippen molar-refractivity contribution in [1.82, 2.24) is 9.88 Å². The van der Waals surface area contributed by atoms with E-state index in [1.807, 2.05) is 53.1 Å². The third-order valence-corrected chi connectivity index (χ3v) is 5.32. The van der Waals surface area contributed by atoms with Gasteiger partial charge in [0.25, 0.3) is 0 Å². The lowest BCUT2D eigenvalue weighted by molar-refractivity contribution is -0.122. The number of rotatable bonds is 3. The minimum absolute atomic E-state index is 0.00845. The van der Waals surface area contributed by atoms with Crippen molar-refractivity contribution in [2.24, 2.45) is 5.73 Å². The molecule has 5 heteroatoms. The van der Waals surface area contributed by atoms with Crippen molar-refractivity contribution in [3.63, 3.8) is 0 Å².